The Morgan fingerprint density at radius 1 is 1.14 bits per heavy atom. The van der Waals surface area contributed by atoms with Crippen molar-refractivity contribution in [3.8, 4) is 5.75 Å². The first-order chi connectivity index (χ1) is 20.2. The SMILES string of the molecule is COc1ccc(C(=O)NCCN(C)C)cc1Nc1ncc(C(F)(F)F)c(N[C@@H]2Cc3ccccc3[C@H]2N(C)S(C)(=O)=O)n1. The molecule has 1 aliphatic rings. The number of carbonyl (C=O) groups is 1. The van der Waals surface area contributed by atoms with E-state index < -0.39 is 39.7 Å². The van der Waals surface area contributed by atoms with Crippen molar-refractivity contribution in [2.45, 2.75) is 24.7 Å². The normalized spacial score (nSPS) is 16.7. The number of alkyl halides is 3. The summed E-state index contributed by atoms with van der Waals surface area (Å²) in [5.74, 6) is -0.747. The van der Waals surface area contributed by atoms with Crippen molar-refractivity contribution in [1.29, 1.82) is 0 Å². The van der Waals surface area contributed by atoms with Gasteiger partial charge in [0.1, 0.15) is 17.1 Å². The Labute approximate surface area is 248 Å². The van der Waals surface area contributed by atoms with Gasteiger partial charge in [-0.2, -0.15) is 22.5 Å². The number of carbonyl (C=O) groups excluding carboxylic acids is 1. The first-order valence-electron chi connectivity index (χ1n) is 13.3. The number of methoxy groups -OCH3 is 1. The van der Waals surface area contributed by atoms with Gasteiger partial charge in [-0.05, 0) is 49.8 Å². The Balaban J connectivity index is 1.67. The molecule has 15 heteroatoms. The van der Waals surface area contributed by atoms with Gasteiger partial charge in [0, 0.05) is 31.9 Å². The lowest BCUT2D eigenvalue weighted by atomic mass is 10.1. The van der Waals surface area contributed by atoms with E-state index in [0.29, 0.717) is 36.2 Å². The molecule has 2 aromatic carbocycles. The minimum atomic E-state index is -4.80. The molecule has 0 unspecified atom stereocenters. The highest BCUT2D eigenvalue weighted by Gasteiger charge is 2.41. The van der Waals surface area contributed by atoms with Gasteiger partial charge in [-0.15, -0.1) is 0 Å². The van der Waals surface area contributed by atoms with E-state index in [1.54, 1.807) is 30.3 Å². The monoisotopic (exact) mass is 621 g/mol. The van der Waals surface area contributed by atoms with Crippen LogP contribution < -0.4 is 20.7 Å². The quantitative estimate of drug-likeness (QED) is 0.295. The zero-order valence-electron chi connectivity index (χ0n) is 24.4. The third kappa shape index (κ3) is 7.53. The number of hydrogen-bond acceptors (Lipinski definition) is 9. The number of likely N-dealkylation sites (N-methyl/N-ethyl adjacent to an activating group) is 2. The summed E-state index contributed by atoms with van der Waals surface area (Å²) in [5.41, 5.74) is 0.945. The number of rotatable bonds is 11. The predicted molar refractivity (Wildman–Crippen MR) is 157 cm³/mol. The van der Waals surface area contributed by atoms with E-state index in [4.69, 9.17) is 4.74 Å². The van der Waals surface area contributed by atoms with Gasteiger partial charge in [0.2, 0.25) is 16.0 Å². The average molecular weight is 622 g/mol. The van der Waals surface area contributed by atoms with Crippen molar-refractivity contribution in [2.75, 3.05) is 58.2 Å². The lowest BCUT2D eigenvalue weighted by Crippen LogP contribution is -2.39. The van der Waals surface area contributed by atoms with Gasteiger partial charge in [0.05, 0.1) is 31.1 Å². The van der Waals surface area contributed by atoms with E-state index in [9.17, 15) is 26.4 Å². The highest BCUT2D eigenvalue weighted by molar-refractivity contribution is 7.88. The molecule has 3 aromatic rings. The summed E-state index contributed by atoms with van der Waals surface area (Å²) in [6.07, 6.45) is -2.83. The molecular weight excluding hydrogens is 587 g/mol. The minimum absolute atomic E-state index is 0.192. The fourth-order valence-corrected chi connectivity index (χ4v) is 5.53. The molecule has 3 N–H and O–H groups in total. The second-order valence-corrected chi connectivity index (χ2v) is 12.5. The molecule has 1 aromatic heterocycles. The second kappa shape index (κ2) is 12.7. The highest BCUT2D eigenvalue weighted by atomic mass is 32.2. The fraction of sp³-hybridized carbons (Fsp3) is 0.393. The van der Waals surface area contributed by atoms with Crippen LogP contribution in [0.25, 0.3) is 0 Å². The maximum Gasteiger partial charge on any atom is 0.421 e. The number of ether oxygens (including phenoxy) is 1. The molecule has 0 bridgehead atoms. The summed E-state index contributed by atoms with van der Waals surface area (Å²) >= 11 is 0. The van der Waals surface area contributed by atoms with Crippen LogP contribution in [0.1, 0.15) is 33.1 Å². The van der Waals surface area contributed by atoms with Crippen molar-refractivity contribution in [3.05, 3.63) is 70.9 Å². The van der Waals surface area contributed by atoms with E-state index in [2.05, 4.69) is 25.9 Å². The first kappa shape index (κ1) is 32.0. The number of anilines is 3. The Morgan fingerprint density at radius 2 is 1.86 bits per heavy atom. The maximum absolute atomic E-state index is 14.1. The zero-order chi connectivity index (χ0) is 31.5. The van der Waals surface area contributed by atoms with Crippen LogP contribution in [0.3, 0.4) is 0 Å². The Hall–Kier alpha value is -3.95. The van der Waals surface area contributed by atoms with Gasteiger partial charge in [0.25, 0.3) is 5.91 Å². The molecule has 0 fully saturated rings. The van der Waals surface area contributed by atoms with Crippen LogP contribution in [-0.2, 0) is 22.6 Å². The first-order valence-corrected chi connectivity index (χ1v) is 15.1. The summed E-state index contributed by atoms with van der Waals surface area (Å²) in [7, 11) is 2.87. The van der Waals surface area contributed by atoms with Crippen LogP contribution in [0.2, 0.25) is 0 Å². The standard InChI is InChI=1S/C28H34F3N7O4S/c1-37(2)13-12-32-26(39)18-10-11-23(42-4)21(15-18)35-27-33-16-20(28(29,30)31)25(36-27)34-22-14-17-8-6-7-9-19(17)24(22)38(3)43(5,40)41/h6-11,15-16,22,24H,12-14H2,1-5H3,(H,32,39)(H2,33,34,35,36)/t22-,24-/m1/s1. The lowest BCUT2D eigenvalue weighted by molar-refractivity contribution is -0.137. The maximum atomic E-state index is 14.1. The summed E-state index contributed by atoms with van der Waals surface area (Å²) in [6, 6.07) is 10.2. The van der Waals surface area contributed by atoms with Crippen molar-refractivity contribution in [2.24, 2.45) is 0 Å². The van der Waals surface area contributed by atoms with E-state index >= 15 is 0 Å². The Bertz CT molecular complexity index is 1580. The Morgan fingerprint density at radius 3 is 2.51 bits per heavy atom. The van der Waals surface area contributed by atoms with Crippen LogP contribution in [-0.4, -0.2) is 87.1 Å². The van der Waals surface area contributed by atoms with Gasteiger partial charge in [-0.1, -0.05) is 24.3 Å². The smallest absolute Gasteiger partial charge is 0.421 e. The van der Waals surface area contributed by atoms with Crippen LogP contribution in [0.4, 0.5) is 30.6 Å². The number of hydrogen-bond donors (Lipinski definition) is 3. The highest BCUT2D eigenvalue weighted by Crippen LogP contribution is 2.40. The van der Waals surface area contributed by atoms with E-state index in [-0.39, 0.29) is 24.0 Å². The van der Waals surface area contributed by atoms with Gasteiger partial charge in [0.15, 0.2) is 0 Å². The molecule has 1 amide bonds. The molecule has 0 saturated heterocycles. The number of halogens is 3. The third-order valence-electron chi connectivity index (χ3n) is 7.08. The third-order valence-corrected chi connectivity index (χ3v) is 8.35. The lowest BCUT2D eigenvalue weighted by Gasteiger charge is -2.30. The molecule has 1 heterocycles. The van der Waals surface area contributed by atoms with E-state index in [0.717, 1.165) is 16.1 Å². The van der Waals surface area contributed by atoms with Crippen molar-refractivity contribution < 1.29 is 31.1 Å². The van der Waals surface area contributed by atoms with Crippen LogP contribution in [0, 0.1) is 0 Å². The molecule has 4 rings (SSSR count). The molecular formula is C28H34F3N7O4S. The number of aromatic nitrogens is 2. The number of nitrogens with one attached hydrogen (secondary N) is 3. The summed E-state index contributed by atoms with van der Waals surface area (Å²) in [6.45, 7) is 1.05. The van der Waals surface area contributed by atoms with Gasteiger partial charge in [-0.25, -0.2) is 13.4 Å². The number of amides is 1. The van der Waals surface area contributed by atoms with Gasteiger partial charge >= 0.3 is 6.18 Å². The summed E-state index contributed by atoms with van der Waals surface area (Å²) in [5, 5.41) is 8.53. The molecule has 0 radical (unpaired) electrons. The Kier molecular flexibility index (Phi) is 9.47. The average Bonchev–Trinajstić information content (AvgIpc) is 3.28. The van der Waals surface area contributed by atoms with Crippen molar-refractivity contribution in [3.63, 3.8) is 0 Å². The molecule has 11 nitrogen and oxygen atoms in total. The topological polar surface area (TPSA) is 129 Å². The zero-order valence-corrected chi connectivity index (χ0v) is 25.2. The molecule has 0 saturated carbocycles. The molecule has 43 heavy (non-hydrogen) atoms. The number of sulfonamides is 1. The number of benzene rings is 2. The van der Waals surface area contributed by atoms with Gasteiger partial charge < -0.3 is 25.6 Å². The number of fused-ring (bicyclic) bond motifs is 1. The fourth-order valence-electron chi connectivity index (χ4n) is 4.86. The van der Waals surface area contributed by atoms with Crippen molar-refractivity contribution in [1.82, 2.24) is 24.5 Å². The van der Waals surface area contributed by atoms with Crippen LogP contribution in [0.15, 0.2) is 48.7 Å². The number of nitrogens with zero attached hydrogens (tertiary/aromatic N) is 4. The van der Waals surface area contributed by atoms with Crippen LogP contribution >= 0.6 is 0 Å². The molecule has 2 atom stereocenters. The largest absolute Gasteiger partial charge is 0.495 e. The minimum Gasteiger partial charge on any atom is -0.495 e. The van der Waals surface area contributed by atoms with E-state index in [1.165, 1.54) is 20.2 Å². The molecule has 0 aliphatic heterocycles. The molecule has 1 aliphatic carbocycles. The molecule has 232 valence electrons. The van der Waals surface area contributed by atoms with Gasteiger partial charge in [-0.3, -0.25) is 4.79 Å². The summed E-state index contributed by atoms with van der Waals surface area (Å²) in [4.78, 5) is 22.6. The summed E-state index contributed by atoms with van der Waals surface area (Å²) < 4.78 is 73.7. The van der Waals surface area contributed by atoms with Crippen LogP contribution in [0.5, 0.6) is 5.75 Å². The van der Waals surface area contributed by atoms with Crippen molar-refractivity contribution >= 4 is 33.4 Å². The van der Waals surface area contributed by atoms with E-state index in [1.807, 2.05) is 25.1 Å². The molecule has 0 spiro atoms. The second-order valence-electron chi connectivity index (χ2n) is 10.4. The predicted octanol–water partition coefficient (Wildman–Crippen LogP) is 3.51.